The number of nitrogens with one attached hydrogen (secondary N) is 2. The SMILES string of the molecule is O=C(NCC1CCCS1(=O)=O)c1c[nH]ccc1=O. The summed E-state index contributed by atoms with van der Waals surface area (Å²) in [6, 6.07) is 1.25. The van der Waals surface area contributed by atoms with Crippen molar-refractivity contribution in [3.63, 3.8) is 0 Å². The summed E-state index contributed by atoms with van der Waals surface area (Å²) in [5.41, 5.74) is -0.395. The molecule has 0 saturated carbocycles. The first kappa shape index (κ1) is 12.8. The Labute approximate surface area is 104 Å². The van der Waals surface area contributed by atoms with E-state index in [1.807, 2.05) is 0 Å². The van der Waals surface area contributed by atoms with Gasteiger partial charge < -0.3 is 10.3 Å². The molecule has 1 fully saturated rings. The van der Waals surface area contributed by atoms with Crippen LogP contribution in [0.5, 0.6) is 0 Å². The van der Waals surface area contributed by atoms with Crippen LogP contribution in [0.15, 0.2) is 23.3 Å². The first-order valence-corrected chi connectivity index (χ1v) is 7.39. The third kappa shape index (κ3) is 2.61. The molecule has 0 aliphatic carbocycles. The molecular weight excluding hydrogens is 256 g/mol. The fourth-order valence-electron chi connectivity index (χ4n) is 1.98. The molecule has 1 aliphatic heterocycles. The average molecular weight is 270 g/mol. The summed E-state index contributed by atoms with van der Waals surface area (Å²) in [6.07, 6.45) is 3.93. The maximum Gasteiger partial charge on any atom is 0.256 e. The van der Waals surface area contributed by atoms with Gasteiger partial charge in [-0.3, -0.25) is 9.59 Å². The van der Waals surface area contributed by atoms with E-state index < -0.39 is 21.0 Å². The van der Waals surface area contributed by atoms with Crippen LogP contribution >= 0.6 is 0 Å². The van der Waals surface area contributed by atoms with Crippen LogP contribution in [0.2, 0.25) is 0 Å². The average Bonchev–Trinajstić information content (AvgIpc) is 2.66. The second-order valence-electron chi connectivity index (χ2n) is 4.26. The van der Waals surface area contributed by atoms with E-state index in [0.29, 0.717) is 12.8 Å². The number of carbonyl (C=O) groups excluding carboxylic acids is 1. The van der Waals surface area contributed by atoms with Crippen molar-refractivity contribution in [2.45, 2.75) is 18.1 Å². The summed E-state index contributed by atoms with van der Waals surface area (Å²) in [5, 5.41) is 1.98. The van der Waals surface area contributed by atoms with Crippen molar-refractivity contribution in [1.29, 1.82) is 0 Å². The second kappa shape index (κ2) is 4.93. The van der Waals surface area contributed by atoms with Gasteiger partial charge in [0.2, 0.25) is 0 Å². The van der Waals surface area contributed by atoms with Crippen LogP contribution < -0.4 is 10.7 Å². The van der Waals surface area contributed by atoms with E-state index in [9.17, 15) is 18.0 Å². The highest BCUT2D eigenvalue weighted by Gasteiger charge is 2.31. The standard InChI is InChI=1S/C11H14N2O4S/c14-10-3-4-12-7-9(10)11(15)13-6-8-2-1-5-18(8,16)17/h3-4,7-8H,1-2,5-6H2,(H,12,14)(H,13,15). The Morgan fingerprint density at radius 2 is 2.28 bits per heavy atom. The highest BCUT2D eigenvalue weighted by molar-refractivity contribution is 7.92. The zero-order valence-corrected chi connectivity index (χ0v) is 10.5. The van der Waals surface area contributed by atoms with Gasteiger partial charge in [-0.15, -0.1) is 0 Å². The summed E-state index contributed by atoms with van der Waals surface area (Å²) in [6.45, 7) is 0.0650. The lowest BCUT2D eigenvalue weighted by Gasteiger charge is -2.10. The second-order valence-corrected chi connectivity index (χ2v) is 6.66. The van der Waals surface area contributed by atoms with Gasteiger partial charge in [0, 0.05) is 25.0 Å². The van der Waals surface area contributed by atoms with Gasteiger partial charge in [0.15, 0.2) is 15.3 Å². The van der Waals surface area contributed by atoms with Gasteiger partial charge in [-0.1, -0.05) is 0 Å². The topological polar surface area (TPSA) is 96.1 Å². The van der Waals surface area contributed by atoms with E-state index in [-0.39, 0.29) is 23.3 Å². The molecule has 2 heterocycles. The molecule has 1 aromatic rings. The van der Waals surface area contributed by atoms with E-state index in [1.165, 1.54) is 18.5 Å². The number of aromatic nitrogens is 1. The predicted molar refractivity (Wildman–Crippen MR) is 66.2 cm³/mol. The molecule has 7 heteroatoms. The number of pyridine rings is 1. The minimum Gasteiger partial charge on any atom is -0.367 e. The molecule has 1 aliphatic rings. The first-order chi connectivity index (χ1) is 8.50. The largest absolute Gasteiger partial charge is 0.367 e. The smallest absolute Gasteiger partial charge is 0.256 e. The van der Waals surface area contributed by atoms with Crippen molar-refractivity contribution in [2.24, 2.45) is 0 Å². The molecule has 6 nitrogen and oxygen atoms in total. The lowest BCUT2D eigenvalue weighted by atomic mass is 10.2. The monoisotopic (exact) mass is 270 g/mol. The number of hydrogen-bond donors (Lipinski definition) is 2. The quantitative estimate of drug-likeness (QED) is 0.787. The molecule has 1 aromatic heterocycles. The first-order valence-electron chi connectivity index (χ1n) is 5.67. The third-order valence-corrected chi connectivity index (χ3v) is 5.30. The van der Waals surface area contributed by atoms with Gasteiger partial charge in [0.25, 0.3) is 5.91 Å². The lowest BCUT2D eigenvalue weighted by Crippen LogP contribution is -2.36. The molecule has 0 aromatic carbocycles. The van der Waals surface area contributed by atoms with Gasteiger partial charge >= 0.3 is 0 Å². The van der Waals surface area contributed by atoms with Crippen LogP contribution in [0.1, 0.15) is 23.2 Å². The summed E-state index contributed by atoms with van der Waals surface area (Å²) in [5.74, 6) is -0.363. The molecule has 2 rings (SSSR count). The van der Waals surface area contributed by atoms with E-state index in [2.05, 4.69) is 10.3 Å². The Morgan fingerprint density at radius 1 is 1.50 bits per heavy atom. The summed E-state index contributed by atoms with van der Waals surface area (Å²) >= 11 is 0. The Morgan fingerprint density at radius 3 is 2.89 bits per heavy atom. The summed E-state index contributed by atoms with van der Waals surface area (Å²) < 4.78 is 23.1. The van der Waals surface area contributed by atoms with Crippen molar-refractivity contribution in [2.75, 3.05) is 12.3 Å². The van der Waals surface area contributed by atoms with E-state index in [0.717, 1.165) is 0 Å². The van der Waals surface area contributed by atoms with Crippen LogP contribution in [0, 0.1) is 0 Å². The van der Waals surface area contributed by atoms with Crippen molar-refractivity contribution in [3.8, 4) is 0 Å². The third-order valence-electron chi connectivity index (χ3n) is 3.02. The Hall–Kier alpha value is -1.63. The van der Waals surface area contributed by atoms with Crippen LogP contribution in [-0.4, -0.2) is 36.9 Å². The zero-order chi connectivity index (χ0) is 13.2. The lowest BCUT2D eigenvalue weighted by molar-refractivity contribution is 0.0952. The summed E-state index contributed by atoms with van der Waals surface area (Å²) in [4.78, 5) is 25.7. The normalized spacial score (nSPS) is 21.7. The molecule has 1 atom stereocenters. The molecule has 1 unspecified atom stereocenters. The van der Waals surface area contributed by atoms with Crippen LogP contribution in [0.3, 0.4) is 0 Å². The molecule has 18 heavy (non-hydrogen) atoms. The number of sulfone groups is 1. The summed E-state index contributed by atoms with van der Waals surface area (Å²) in [7, 11) is -3.08. The predicted octanol–water partition coefficient (Wildman–Crippen LogP) is -0.318. The van der Waals surface area contributed by atoms with Gasteiger partial charge in [-0.05, 0) is 12.8 Å². The van der Waals surface area contributed by atoms with Crippen molar-refractivity contribution >= 4 is 15.7 Å². The maximum absolute atomic E-state index is 11.7. The van der Waals surface area contributed by atoms with E-state index >= 15 is 0 Å². The van der Waals surface area contributed by atoms with Gasteiger partial charge in [-0.25, -0.2) is 8.42 Å². The molecule has 0 bridgehead atoms. The molecule has 1 saturated heterocycles. The molecule has 0 spiro atoms. The van der Waals surface area contributed by atoms with Gasteiger partial charge in [0.05, 0.1) is 11.0 Å². The molecular formula is C11H14N2O4S. The number of aromatic amines is 1. The minimum absolute atomic E-state index is 0.00658. The Balaban J connectivity index is 2.02. The Bertz CT molecular complexity index is 605. The highest BCUT2D eigenvalue weighted by Crippen LogP contribution is 2.18. The van der Waals surface area contributed by atoms with Gasteiger partial charge in [-0.2, -0.15) is 0 Å². The molecule has 2 N–H and O–H groups in total. The fourth-order valence-corrected chi connectivity index (χ4v) is 3.75. The number of carbonyl (C=O) groups is 1. The highest BCUT2D eigenvalue weighted by atomic mass is 32.2. The van der Waals surface area contributed by atoms with Crippen LogP contribution in [0.4, 0.5) is 0 Å². The number of rotatable bonds is 3. The van der Waals surface area contributed by atoms with Crippen molar-refractivity contribution in [1.82, 2.24) is 10.3 Å². The number of hydrogen-bond acceptors (Lipinski definition) is 4. The Kier molecular flexibility index (Phi) is 3.51. The van der Waals surface area contributed by atoms with Crippen molar-refractivity contribution < 1.29 is 13.2 Å². The molecule has 0 radical (unpaired) electrons. The molecule has 1 amide bonds. The van der Waals surface area contributed by atoms with E-state index in [4.69, 9.17) is 0 Å². The van der Waals surface area contributed by atoms with Crippen LogP contribution in [0.25, 0.3) is 0 Å². The fraction of sp³-hybridized carbons (Fsp3) is 0.455. The van der Waals surface area contributed by atoms with E-state index in [1.54, 1.807) is 0 Å². The minimum atomic E-state index is -3.08. The maximum atomic E-state index is 11.7. The number of amides is 1. The number of H-pyrrole nitrogens is 1. The zero-order valence-electron chi connectivity index (χ0n) is 9.68. The molecule has 98 valence electrons. The van der Waals surface area contributed by atoms with Crippen molar-refractivity contribution in [3.05, 3.63) is 34.2 Å². The van der Waals surface area contributed by atoms with Crippen LogP contribution in [-0.2, 0) is 9.84 Å². The van der Waals surface area contributed by atoms with Gasteiger partial charge in [0.1, 0.15) is 5.56 Å².